The molecule has 0 aromatic carbocycles. The van der Waals surface area contributed by atoms with Crippen molar-refractivity contribution >= 4 is 0 Å². The molecule has 1 saturated carbocycles. The van der Waals surface area contributed by atoms with Crippen LogP contribution in [0.1, 0.15) is 46.5 Å². The molecule has 0 amide bonds. The predicted molar refractivity (Wildman–Crippen MR) is 56.8 cm³/mol. The van der Waals surface area contributed by atoms with Crippen molar-refractivity contribution in [3.63, 3.8) is 0 Å². The topological polar surface area (TPSA) is 3.24 Å². The molecule has 0 radical (unpaired) electrons. The molecule has 1 aliphatic heterocycles. The second-order valence-corrected chi connectivity index (χ2v) is 5.86. The third kappa shape index (κ3) is 2.25. The molecule has 1 unspecified atom stereocenters. The molecule has 1 heterocycles. The Morgan fingerprint density at radius 3 is 2.23 bits per heavy atom. The van der Waals surface area contributed by atoms with Crippen LogP contribution in [0.15, 0.2) is 0 Å². The Kier molecular flexibility index (Phi) is 2.39. The maximum atomic E-state index is 2.68. The van der Waals surface area contributed by atoms with Gasteiger partial charge >= 0.3 is 0 Å². The first kappa shape index (κ1) is 9.51. The first-order valence-electron chi connectivity index (χ1n) is 5.82. The largest absolute Gasteiger partial charge is 0.298 e. The molecule has 1 aliphatic carbocycles. The third-order valence-electron chi connectivity index (χ3n) is 3.70. The highest BCUT2D eigenvalue weighted by Gasteiger charge is 2.36. The third-order valence-corrected chi connectivity index (χ3v) is 3.70. The van der Waals surface area contributed by atoms with Crippen LogP contribution in [0.2, 0.25) is 0 Å². The molecule has 0 spiro atoms. The second-order valence-electron chi connectivity index (χ2n) is 5.86. The average Bonchev–Trinajstić information content (AvgIpc) is 2.85. The van der Waals surface area contributed by atoms with E-state index in [0.29, 0.717) is 5.54 Å². The minimum atomic E-state index is 0.396. The highest BCUT2D eigenvalue weighted by atomic mass is 15.2. The van der Waals surface area contributed by atoms with Gasteiger partial charge < -0.3 is 0 Å². The first-order chi connectivity index (χ1) is 6.07. The van der Waals surface area contributed by atoms with Gasteiger partial charge in [-0.2, -0.15) is 0 Å². The molecule has 1 heteroatoms. The van der Waals surface area contributed by atoms with Crippen LogP contribution < -0.4 is 0 Å². The normalized spacial score (nSPS) is 32.1. The summed E-state index contributed by atoms with van der Waals surface area (Å²) in [5.74, 6) is 2.14. The summed E-state index contributed by atoms with van der Waals surface area (Å²) in [5, 5.41) is 0. The highest BCUT2D eigenvalue weighted by molar-refractivity contribution is 4.89. The van der Waals surface area contributed by atoms with Gasteiger partial charge in [0.1, 0.15) is 0 Å². The Balaban J connectivity index is 1.91. The smallest absolute Gasteiger partial charge is 0.0125 e. The van der Waals surface area contributed by atoms with E-state index in [0.717, 1.165) is 11.8 Å². The molecule has 2 fully saturated rings. The Morgan fingerprint density at radius 1 is 1.00 bits per heavy atom. The fourth-order valence-electron chi connectivity index (χ4n) is 2.57. The van der Waals surface area contributed by atoms with Gasteiger partial charge in [-0.25, -0.2) is 0 Å². The Morgan fingerprint density at radius 2 is 1.69 bits per heavy atom. The molecule has 0 aromatic rings. The second kappa shape index (κ2) is 3.27. The van der Waals surface area contributed by atoms with Gasteiger partial charge in [0, 0.05) is 12.1 Å². The van der Waals surface area contributed by atoms with Crippen molar-refractivity contribution in [3.05, 3.63) is 0 Å². The number of likely N-dealkylation sites (tertiary alicyclic amines) is 1. The average molecular weight is 181 g/mol. The number of nitrogens with zero attached hydrogens (tertiary/aromatic N) is 1. The summed E-state index contributed by atoms with van der Waals surface area (Å²) >= 11 is 0. The molecule has 0 N–H and O–H groups in total. The van der Waals surface area contributed by atoms with Crippen molar-refractivity contribution in [2.75, 3.05) is 13.1 Å². The van der Waals surface area contributed by atoms with Crippen LogP contribution in [0.3, 0.4) is 0 Å². The molecule has 2 aliphatic rings. The number of hydrogen-bond acceptors (Lipinski definition) is 1. The Labute approximate surface area is 82.5 Å². The molecule has 2 rings (SSSR count). The summed E-state index contributed by atoms with van der Waals surface area (Å²) < 4.78 is 0. The molecule has 0 aromatic heterocycles. The van der Waals surface area contributed by atoms with Gasteiger partial charge in [0.15, 0.2) is 0 Å². The van der Waals surface area contributed by atoms with Crippen LogP contribution in [0, 0.1) is 11.8 Å². The van der Waals surface area contributed by atoms with Gasteiger partial charge in [-0.05, 0) is 64.8 Å². The minimum absolute atomic E-state index is 0.396. The standard InChI is InChI=1S/C12H23N/c1-12(2,3)13-8-4-5-11(9-13)10-6-7-10/h10-11H,4-9H2,1-3H3. The van der Waals surface area contributed by atoms with E-state index in [1.807, 2.05) is 0 Å². The van der Waals surface area contributed by atoms with Crippen LogP contribution in [-0.4, -0.2) is 23.5 Å². The zero-order valence-corrected chi connectivity index (χ0v) is 9.34. The van der Waals surface area contributed by atoms with Crippen LogP contribution in [0.4, 0.5) is 0 Å². The molecule has 1 nitrogen and oxygen atoms in total. The summed E-state index contributed by atoms with van der Waals surface area (Å²) in [4.78, 5) is 2.68. The van der Waals surface area contributed by atoms with E-state index >= 15 is 0 Å². The zero-order valence-electron chi connectivity index (χ0n) is 9.34. The minimum Gasteiger partial charge on any atom is -0.298 e. The lowest BCUT2D eigenvalue weighted by Crippen LogP contribution is -2.47. The Hall–Kier alpha value is -0.0400. The van der Waals surface area contributed by atoms with Crippen LogP contribution in [-0.2, 0) is 0 Å². The summed E-state index contributed by atoms with van der Waals surface area (Å²) in [5.41, 5.74) is 0.396. The van der Waals surface area contributed by atoms with Crippen molar-refractivity contribution in [2.24, 2.45) is 11.8 Å². The fourth-order valence-corrected chi connectivity index (χ4v) is 2.57. The lowest BCUT2D eigenvalue weighted by Gasteiger charge is -2.41. The summed E-state index contributed by atoms with van der Waals surface area (Å²) in [6.07, 6.45) is 5.96. The highest BCUT2D eigenvalue weighted by Crippen LogP contribution is 2.41. The molecule has 76 valence electrons. The van der Waals surface area contributed by atoms with Gasteiger partial charge in [0.2, 0.25) is 0 Å². The molecule has 1 atom stereocenters. The maximum Gasteiger partial charge on any atom is 0.0125 e. The number of rotatable bonds is 1. The van der Waals surface area contributed by atoms with E-state index in [9.17, 15) is 0 Å². The quantitative estimate of drug-likeness (QED) is 0.601. The lowest BCUT2D eigenvalue weighted by atomic mass is 9.90. The van der Waals surface area contributed by atoms with Crippen LogP contribution in [0.25, 0.3) is 0 Å². The molecule has 13 heavy (non-hydrogen) atoms. The Bertz CT molecular complexity index is 176. The van der Waals surface area contributed by atoms with Gasteiger partial charge in [-0.15, -0.1) is 0 Å². The van der Waals surface area contributed by atoms with E-state index in [1.54, 1.807) is 0 Å². The predicted octanol–water partition coefficient (Wildman–Crippen LogP) is 2.91. The summed E-state index contributed by atoms with van der Waals surface area (Å²) in [6, 6.07) is 0. The number of hydrogen-bond donors (Lipinski definition) is 0. The van der Waals surface area contributed by atoms with Gasteiger partial charge in [0.05, 0.1) is 0 Å². The zero-order chi connectivity index (χ0) is 9.47. The SMILES string of the molecule is CC(C)(C)N1CCCC(C2CC2)C1. The van der Waals surface area contributed by atoms with Gasteiger partial charge in [0.25, 0.3) is 0 Å². The van der Waals surface area contributed by atoms with Crippen molar-refractivity contribution < 1.29 is 0 Å². The monoisotopic (exact) mass is 181 g/mol. The van der Waals surface area contributed by atoms with E-state index in [4.69, 9.17) is 0 Å². The summed E-state index contributed by atoms with van der Waals surface area (Å²) in [7, 11) is 0. The lowest BCUT2D eigenvalue weighted by molar-refractivity contribution is 0.0721. The van der Waals surface area contributed by atoms with E-state index in [1.165, 1.54) is 38.8 Å². The van der Waals surface area contributed by atoms with Crippen molar-refractivity contribution in [1.29, 1.82) is 0 Å². The maximum absolute atomic E-state index is 2.68. The van der Waals surface area contributed by atoms with Crippen molar-refractivity contribution in [3.8, 4) is 0 Å². The van der Waals surface area contributed by atoms with Crippen molar-refractivity contribution in [1.82, 2.24) is 4.90 Å². The van der Waals surface area contributed by atoms with Crippen LogP contribution >= 0.6 is 0 Å². The van der Waals surface area contributed by atoms with E-state index in [-0.39, 0.29) is 0 Å². The van der Waals surface area contributed by atoms with E-state index in [2.05, 4.69) is 25.7 Å². The van der Waals surface area contributed by atoms with E-state index < -0.39 is 0 Å². The molecular formula is C12H23N. The molecule has 1 saturated heterocycles. The van der Waals surface area contributed by atoms with Gasteiger partial charge in [-0.3, -0.25) is 4.90 Å². The van der Waals surface area contributed by atoms with Gasteiger partial charge in [-0.1, -0.05) is 0 Å². The molecule has 0 bridgehead atoms. The number of piperidine rings is 1. The molecular weight excluding hydrogens is 158 g/mol. The fraction of sp³-hybridized carbons (Fsp3) is 1.00. The van der Waals surface area contributed by atoms with Crippen molar-refractivity contribution in [2.45, 2.75) is 52.0 Å². The first-order valence-corrected chi connectivity index (χ1v) is 5.82. The summed E-state index contributed by atoms with van der Waals surface area (Å²) in [6.45, 7) is 9.74. The van der Waals surface area contributed by atoms with Crippen LogP contribution in [0.5, 0.6) is 0 Å².